The highest BCUT2D eigenvalue weighted by Crippen LogP contribution is 2.31. The smallest absolute Gasteiger partial charge is 0.274 e. The zero-order chi connectivity index (χ0) is 16.1. The number of carbonyl (C=O) groups is 1. The van der Waals surface area contributed by atoms with Crippen LogP contribution in [-0.4, -0.2) is 29.1 Å². The minimum absolute atomic E-state index is 0.181. The molecule has 0 aromatic carbocycles. The molecule has 120 valence electrons. The number of rotatable bonds is 5. The highest BCUT2D eigenvalue weighted by atomic mass is 16.5. The van der Waals surface area contributed by atoms with Crippen LogP contribution in [0.2, 0.25) is 0 Å². The number of aromatic nitrogens is 2. The summed E-state index contributed by atoms with van der Waals surface area (Å²) in [6.07, 6.45) is 9.33. The summed E-state index contributed by atoms with van der Waals surface area (Å²) < 4.78 is 11.3. The zero-order valence-electron chi connectivity index (χ0n) is 13.0. The van der Waals surface area contributed by atoms with E-state index < -0.39 is 0 Å². The first-order valence-electron chi connectivity index (χ1n) is 7.68. The van der Waals surface area contributed by atoms with E-state index in [9.17, 15) is 4.79 Å². The third kappa shape index (κ3) is 3.77. The van der Waals surface area contributed by atoms with Crippen molar-refractivity contribution in [1.29, 1.82) is 0 Å². The van der Waals surface area contributed by atoms with Crippen LogP contribution in [0, 0.1) is 0 Å². The Morgan fingerprint density at radius 2 is 2.09 bits per heavy atom. The third-order valence-electron chi connectivity index (χ3n) is 3.80. The van der Waals surface area contributed by atoms with E-state index in [1.165, 1.54) is 19.0 Å². The molecule has 1 N–H and O–H groups in total. The van der Waals surface area contributed by atoms with Gasteiger partial charge in [0.1, 0.15) is 5.69 Å². The maximum atomic E-state index is 12.3. The predicted molar refractivity (Wildman–Crippen MR) is 85.9 cm³/mol. The Hall–Kier alpha value is -2.63. The first-order valence-corrected chi connectivity index (χ1v) is 7.68. The lowest BCUT2D eigenvalue weighted by Gasteiger charge is -2.16. The summed E-state index contributed by atoms with van der Waals surface area (Å²) >= 11 is 0. The number of amides is 1. The standard InChI is InChI=1S/C17H19N3O3/c1-22-16-11-19-14(9-15(16)23-13-6-2-3-7-13)17(21)20-12-5-4-8-18-10-12/h4-5,8-11,13H,2-3,6-7H2,1H3,(H,20,21). The molecular formula is C17H19N3O3. The fourth-order valence-electron chi connectivity index (χ4n) is 2.61. The maximum absolute atomic E-state index is 12.3. The molecule has 0 spiro atoms. The van der Waals surface area contributed by atoms with Gasteiger partial charge < -0.3 is 14.8 Å². The number of methoxy groups -OCH3 is 1. The molecule has 1 aliphatic rings. The average molecular weight is 313 g/mol. The van der Waals surface area contributed by atoms with Crippen LogP contribution in [0.5, 0.6) is 11.5 Å². The Kier molecular flexibility index (Phi) is 4.71. The molecule has 2 aromatic rings. The molecule has 6 heteroatoms. The van der Waals surface area contributed by atoms with E-state index in [1.54, 1.807) is 37.7 Å². The second-order valence-corrected chi connectivity index (χ2v) is 5.44. The van der Waals surface area contributed by atoms with Crippen molar-refractivity contribution < 1.29 is 14.3 Å². The number of hydrogen-bond donors (Lipinski definition) is 1. The van der Waals surface area contributed by atoms with Crippen molar-refractivity contribution in [2.45, 2.75) is 31.8 Å². The number of pyridine rings is 2. The molecule has 23 heavy (non-hydrogen) atoms. The summed E-state index contributed by atoms with van der Waals surface area (Å²) in [4.78, 5) is 20.4. The molecule has 0 atom stereocenters. The van der Waals surface area contributed by atoms with Gasteiger partial charge in [-0.05, 0) is 37.8 Å². The van der Waals surface area contributed by atoms with E-state index in [2.05, 4.69) is 15.3 Å². The number of nitrogens with one attached hydrogen (secondary N) is 1. The summed E-state index contributed by atoms with van der Waals surface area (Å²) in [6.45, 7) is 0. The lowest BCUT2D eigenvalue weighted by Crippen LogP contribution is -2.16. The monoisotopic (exact) mass is 313 g/mol. The Labute approximate surface area is 134 Å². The van der Waals surface area contributed by atoms with Gasteiger partial charge in [0.05, 0.1) is 31.3 Å². The lowest BCUT2D eigenvalue weighted by atomic mass is 10.2. The van der Waals surface area contributed by atoms with Crippen molar-refractivity contribution in [3.05, 3.63) is 42.5 Å². The molecule has 1 saturated carbocycles. The van der Waals surface area contributed by atoms with Crippen LogP contribution in [0.3, 0.4) is 0 Å². The molecule has 1 aliphatic carbocycles. The summed E-state index contributed by atoms with van der Waals surface area (Å²) in [5, 5.41) is 2.76. The highest BCUT2D eigenvalue weighted by Gasteiger charge is 2.20. The van der Waals surface area contributed by atoms with Crippen LogP contribution >= 0.6 is 0 Å². The Morgan fingerprint density at radius 1 is 1.26 bits per heavy atom. The minimum Gasteiger partial charge on any atom is -0.491 e. The Bertz CT molecular complexity index is 670. The van der Waals surface area contributed by atoms with Crippen LogP contribution in [0.4, 0.5) is 5.69 Å². The molecule has 2 heterocycles. The summed E-state index contributed by atoms with van der Waals surface area (Å²) in [5.74, 6) is 0.789. The predicted octanol–water partition coefficient (Wildman–Crippen LogP) is 3.06. The second kappa shape index (κ2) is 7.09. The molecule has 0 bridgehead atoms. The van der Waals surface area contributed by atoms with Gasteiger partial charge in [0.25, 0.3) is 5.91 Å². The van der Waals surface area contributed by atoms with Gasteiger partial charge in [0, 0.05) is 12.3 Å². The molecule has 0 aliphatic heterocycles. The number of nitrogens with zero attached hydrogens (tertiary/aromatic N) is 2. The molecule has 0 radical (unpaired) electrons. The minimum atomic E-state index is -0.308. The second-order valence-electron chi connectivity index (χ2n) is 5.44. The van der Waals surface area contributed by atoms with Crippen LogP contribution in [-0.2, 0) is 0 Å². The normalized spacial score (nSPS) is 14.5. The van der Waals surface area contributed by atoms with Gasteiger partial charge in [-0.1, -0.05) is 0 Å². The maximum Gasteiger partial charge on any atom is 0.274 e. The zero-order valence-corrected chi connectivity index (χ0v) is 13.0. The lowest BCUT2D eigenvalue weighted by molar-refractivity contribution is 0.102. The molecule has 2 aromatic heterocycles. The highest BCUT2D eigenvalue weighted by molar-refractivity contribution is 6.03. The topological polar surface area (TPSA) is 73.3 Å². The summed E-state index contributed by atoms with van der Waals surface area (Å²) in [7, 11) is 1.56. The first kappa shape index (κ1) is 15.3. The van der Waals surface area contributed by atoms with Gasteiger partial charge in [-0.25, -0.2) is 4.98 Å². The van der Waals surface area contributed by atoms with E-state index in [1.807, 2.05) is 0 Å². The largest absolute Gasteiger partial charge is 0.491 e. The van der Waals surface area contributed by atoms with Crippen LogP contribution < -0.4 is 14.8 Å². The van der Waals surface area contributed by atoms with Crippen molar-refractivity contribution in [1.82, 2.24) is 9.97 Å². The number of anilines is 1. The van der Waals surface area contributed by atoms with Gasteiger partial charge in [-0.15, -0.1) is 0 Å². The van der Waals surface area contributed by atoms with Gasteiger partial charge in [0.2, 0.25) is 0 Å². The first-order chi connectivity index (χ1) is 11.3. The Morgan fingerprint density at radius 3 is 2.78 bits per heavy atom. The number of carbonyl (C=O) groups excluding carboxylic acids is 1. The molecule has 0 saturated heterocycles. The van der Waals surface area contributed by atoms with E-state index in [0.717, 1.165) is 12.8 Å². The fourth-order valence-corrected chi connectivity index (χ4v) is 2.61. The molecular weight excluding hydrogens is 294 g/mol. The summed E-state index contributed by atoms with van der Waals surface area (Å²) in [5.41, 5.74) is 0.899. The molecule has 1 amide bonds. The number of hydrogen-bond acceptors (Lipinski definition) is 5. The molecule has 3 rings (SSSR count). The molecule has 1 fully saturated rings. The summed E-state index contributed by atoms with van der Waals surface area (Å²) in [6, 6.07) is 5.15. The van der Waals surface area contributed by atoms with Crippen molar-refractivity contribution in [3.63, 3.8) is 0 Å². The van der Waals surface area contributed by atoms with Crippen LogP contribution in [0.15, 0.2) is 36.8 Å². The van der Waals surface area contributed by atoms with Crippen LogP contribution in [0.25, 0.3) is 0 Å². The molecule has 6 nitrogen and oxygen atoms in total. The van der Waals surface area contributed by atoms with E-state index in [0.29, 0.717) is 17.2 Å². The van der Waals surface area contributed by atoms with Gasteiger partial charge in [0.15, 0.2) is 11.5 Å². The quantitative estimate of drug-likeness (QED) is 0.918. The van der Waals surface area contributed by atoms with Gasteiger partial charge >= 0.3 is 0 Å². The van der Waals surface area contributed by atoms with Gasteiger partial charge in [-0.2, -0.15) is 0 Å². The van der Waals surface area contributed by atoms with Crippen molar-refractivity contribution in [2.24, 2.45) is 0 Å². The SMILES string of the molecule is COc1cnc(C(=O)Nc2cccnc2)cc1OC1CCCC1. The van der Waals surface area contributed by atoms with Crippen LogP contribution in [0.1, 0.15) is 36.2 Å². The van der Waals surface area contributed by atoms with E-state index in [4.69, 9.17) is 9.47 Å². The average Bonchev–Trinajstić information content (AvgIpc) is 3.09. The fraction of sp³-hybridized carbons (Fsp3) is 0.353. The van der Waals surface area contributed by atoms with Crippen molar-refractivity contribution in [2.75, 3.05) is 12.4 Å². The number of ether oxygens (including phenoxy) is 2. The van der Waals surface area contributed by atoms with Crippen molar-refractivity contribution >= 4 is 11.6 Å². The van der Waals surface area contributed by atoms with E-state index >= 15 is 0 Å². The van der Waals surface area contributed by atoms with Crippen molar-refractivity contribution in [3.8, 4) is 11.5 Å². The molecule has 0 unspecified atom stereocenters. The third-order valence-corrected chi connectivity index (χ3v) is 3.80. The Balaban J connectivity index is 1.77. The van der Waals surface area contributed by atoms with Gasteiger partial charge in [-0.3, -0.25) is 9.78 Å². The van der Waals surface area contributed by atoms with E-state index in [-0.39, 0.29) is 17.7 Å².